The van der Waals surface area contributed by atoms with E-state index >= 15 is 0 Å². The molecule has 2 unspecified atom stereocenters. The number of nitrogens with two attached hydrogens (primary N) is 1. The fourth-order valence-electron chi connectivity index (χ4n) is 2.82. The van der Waals surface area contributed by atoms with Gasteiger partial charge in [-0.15, -0.1) is 0 Å². The van der Waals surface area contributed by atoms with E-state index in [9.17, 15) is 4.79 Å². The van der Waals surface area contributed by atoms with Gasteiger partial charge in [0, 0.05) is 12.5 Å². The number of hydrogen-bond acceptors (Lipinski definition) is 2. The topological polar surface area (TPSA) is 55.1 Å². The molecule has 3 fully saturated rings. The maximum atomic E-state index is 11.9. The summed E-state index contributed by atoms with van der Waals surface area (Å²) in [6.45, 7) is 0.609. The first kappa shape index (κ1) is 8.72. The molecule has 3 aliphatic rings. The molecule has 3 heteroatoms. The summed E-state index contributed by atoms with van der Waals surface area (Å²) in [6.07, 6.45) is 5.81. The molecule has 0 aromatic carbocycles. The van der Waals surface area contributed by atoms with E-state index in [0.29, 0.717) is 12.5 Å². The molecule has 0 radical (unpaired) electrons. The first-order chi connectivity index (χ1) is 6.72. The minimum atomic E-state index is 0.00383. The summed E-state index contributed by atoms with van der Waals surface area (Å²) in [5, 5.41) is 3.14. The maximum Gasteiger partial charge on any atom is 0.223 e. The Morgan fingerprint density at radius 2 is 1.93 bits per heavy atom. The molecule has 0 aromatic rings. The fourth-order valence-corrected chi connectivity index (χ4v) is 2.82. The highest BCUT2D eigenvalue weighted by atomic mass is 16.2. The van der Waals surface area contributed by atoms with Gasteiger partial charge in [-0.25, -0.2) is 0 Å². The van der Waals surface area contributed by atoms with Crippen LogP contribution in [0.3, 0.4) is 0 Å². The smallest absolute Gasteiger partial charge is 0.223 e. The zero-order chi connectivity index (χ0) is 9.76. The predicted molar refractivity (Wildman–Crippen MR) is 53.5 cm³/mol. The zero-order valence-electron chi connectivity index (χ0n) is 8.46. The number of carbonyl (C=O) groups is 1. The molecule has 0 bridgehead atoms. The highest BCUT2D eigenvalue weighted by molar-refractivity contribution is 5.80. The van der Waals surface area contributed by atoms with Crippen molar-refractivity contribution < 1.29 is 4.79 Å². The number of nitrogens with one attached hydrogen (secondary N) is 1. The van der Waals surface area contributed by atoms with E-state index in [1.165, 1.54) is 6.42 Å². The zero-order valence-corrected chi connectivity index (χ0v) is 8.46. The van der Waals surface area contributed by atoms with Crippen molar-refractivity contribution in [1.29, 1.82) is 0 Å². The summed E-state index contributed by atoms with van der Waals surface area (Å²) >= 11 is 0. The highest BCUT2D eigenvalue weighted by Crippen LogP contribution is 2.54. The van der Waals surface area contributed by atoms with Crippen LogP contribution in [0.4, 0.5) is 0 Å². The van der Waals surface area contributed by atoms with Crippen molar-refractivity contribution in [2.45, 2.75) is 37.6 Å². The van der Waals surface area contributed by atoms with Crippen LogP contribution in [0.1, 0.15) is 32.1 Å². The Bertz CT molecular complexity index is 262. The number of amides is 1. The second kappa shape index (κ2) is 2.72. The van der Waals surface area contributed by atoms with Crippen LogP contribution in [0, 0.1) is 17.8 Å². The molecule has 3 rings (SSSR count). The van der Waals surface area contributed by atoms with Crippen molar-refractivity contribution in [2.75, 3.05) is 6.54 Å². The summed E-state index contributed by atoms with van der Waals surface area (Å²) in [6, 6.07) is 0. The van der Waals surface area contributed by atoms with Crippen LogP contribution >= 0.6 is 0 Å². The highest BCUT2D eigenvalue weighted by Gasteiger charge is 2.50. The molecule has 14 heavy (non-hydrogen) atoms. The lowest BCUT2D eigenvalue weighted by Crippen LogP contribution is -2.44. The molecule has 3 aliphatic carbocycles. The van der Waals surface area contributed by atoms with Crippen LogP contribution in [0.15, 0.2) is 0 Å². The Hall–Kier alpha value is -0.570. The Kier molecular flexibility index (Phi) is 1.69. The van der Waals surface area contributed by atoms with E-state index in [2.05, 4.69) is 5.32 Å². The van der Waals surface area contributed by atoms with Crippen molar-refractivity contribution in [3.63, 3.8) is 0 Å². The third-order valence-electron chi connectivity index (χ3n) is 4.25. The molecule has 0 heterocycles. The summed E-state index contributed by atoms with van der Waals surface area (Å²) in [5.41, 5.74) is 5.64. The summed E-state index contributed by atoms with van der Waals surface area (Å²) in [4.78, 5) is 11.9. The quantitative estimate of drug-likeness (QED) is 0.692. The van der Waals surface area contributed by atoms with E-state index in [4.69, 9.17) is 5.73 Å². The fraction of sp³-hybridized carbons (Fsp3) is 0.909. The van der Waals surface area contributed by atoms with Gasteiger partial charge in [0.1, 0.15) is 0 Å². The van der Waals surface area contributed by atoms with Crippen molar-refractivity contribution in [2.24, 2.45) is 23.5 Å². The van der Waals surface area contributed by atoms with Gasteiger partial charge in [0.05, 0.1) is 5.54 Å². The van der Waals surface area contributed by atoms with Crippen LogP contribution < -0.4 is 11.1 Å². The van der Waals surface area contributed by atoms with E-state index in [0.717, 1.165) is 37.5 Å². The number of fused-ring (bicyclic) bond motifs is 1. The second-order valence-electron chi connectivity index (χ2n) is 5.40. The van der Waals surface area contributed by atoms with Gasteiger partial charge >= 0.3 is 0 Å². The molecule has 0 aliphatic heterocycles. The lowest BCUT2D eigenvalue weighted by molar-refractivity contribution is -0.126. The second-order valence-corrected chi connectivity index (χ2v) is 5.40. The monoisotopic (exact) mass is 194 g/mol. The van der Waals surface area contributed by atoms with Crippen LogP contribution in [0.2, 0.25) is 0 Å². The van der Waals surface area contributed by atoms with Gasteiger partial charge in [0.25, 0.3) is 0 Å². The van der Waals surface area contributed by atoms with Gasteiger partial charge < -0.3 is 11.1 Å². The van der Waals surface area contributed by atoms with Crippen LogP contribution in [0.5, 0.6) is 0 Å². The molecular formula is C11H18N2O. The molecule has 0 aromatic heterocycles. The minimum absolute atomic E-state index is 0.00383. The van der Waals surface area contributed by atoms with Crippen LogP contribution in [-0.2, 0) is 4.79 Å². The summed E-state index contributed by atoms with van der Waals surface area (Å²) < 4.78 is 0. The Morgan fingerprint density at radius 1 is 1.29 bits per heavy atom. The van der Waals surface area contributed by atoms with Crippen LogP contribution in [-0.4, -0.2) is 18.0 Å². The Morgan fingerprint density at radius 3 is 2.43 bits per heavy atom. The average molecular weight is 194 g/mol. The number of carbonyl (C=O) groups excluding carboxylic acids is 1. The molecule has 78 valence electrons. The van der Waals surface area contributed by atoms with E-state index < -0.39 is 0 Å². The van der Waals surface area contributed by atoms with Crippen LogP contribution in [0.25, 0.3) is 0 Å². The van der Waals surface area contributed by atoms with E-state index in [-0.39, 0.29) is 11.4 Å². The molecule has 0 saturated heterocycles. The minimum Gasteiger partial charge on any atom is -0.349 e. The largest absolute Gasteiger partial charge is 0.349 e. The molecule has 3 nitrogen and oxygen atoms in total. The van der Waals surface area contributed by atoms with Gasteiger partial charge in [-0.05, 0) is 43.9 Å². The van der Waals surface area contributed by atoms with Crippen molar-refractivity contribution in [1.82, 2.24) is 5.32 Å². The van der Waals surface area contributed by atoms with E-state index in [1.54, 1.807) is 0 Å². The van der Waals surface area contributed by atoms with Gasteiger partial charge in [0.2, 0.25) is 5.91 Å². The predicted octanol–water partition coefficient (Wildman–Crippen LogP) is 0.640. The third kappa shape index (κ3) is 1.34. The molecular weight excluding hydrogens is 176 g/mol. The Balaban J connectivity index is 1.55. The maximum absolute atomic E-state index is 11.9. The first-order valence-electron chi connectivity index (χ1n) is 5.74. The number of rotatable bonds is 3. The average Bonchev–Trinajstić information content (AvgIpc) is 3.08. The molecule has 2 atom stereocenters. The molecule has 3 N–H and O–H groups in total. The van der Waals surface area contributed by atoms with Gasteiger partial charge in [0.15, 0.2) is 0 Å². The summed E-state index contributed by atoms with van der Waals surface area (Å²) in [5.74, 6) is 2.36. The molecule has 0 spiro atoms. The van der Waals surface area contributed by atoms with Gasteiger partial charge in [-0.1, -0.05) is 0 Å². The standard InChI is InChI=1S/C11H18N2O/c12-6-11(1-2-11)13-10(14)9-4-7-3-8(7)5-9/h7-9H,1-6,12H2,(H,13,14). The molecule has 3 saturated carbocycles. The lowest BCUT2D eigenvalue weighted by atomic mass is 10.0. The van der Waals surface area contributed by atoms with Gasteiger partial charge in [-0.3, -0.25) is 4.79 Å². The van der Waals surface area contributed by atoms with Crippen molar-refractivity contribution >= 4 is 5.91 Å². The lowest BCUT2D eigenvalue weighted by Gasteiger charge is -2.18. The van der Waals surface area contributed by atoms with E-state index in [1.807, 2.05) is 0 Å². The third-order valence-corrected chi connectivity index (χ3v) is 4.25. The molecule has 1 amide bonds. The summed E-state index contributed by atoms with van der Waals surface area (Å²) in [7, 11) is 0. The van der Waals surface area contributed by atoms with Gasteiger partial charge in [-0.2, -0.15) is 0 Å². The van der Waals surface area contributed by atoms with Crippen molar-refractivity contribution in [3.05, 3.63) is 0 Å². The SMILES string of the molecule is NCC1(NC(=O)C2CC3CC3C2)CC1. The van der Waals surface area contributed by atoms with Crippen molar-refractivity contribution in [3.8, 4) is 0 Å². The number of hydrogen-bond donors (Lipinski definition) is 2. The Labute approximate surface area is 84.4 Å². The first-order valence-corrected chi connectivity index (χ1v) is 5.74. The normalized spacial score (nSPS) is 41.6.